The molecule has 0 aliphatic carbocycles. The lowest BCUT2D eigenvalue weighted by Gasteiger charge is -2.00. The number of halogens is 1. The van der Waals surface area contributed by atoms with Crippen molar-refractivity contribution in [2.45, 2.75) is 19.8 Å². The van der Waals surface area contributed by atoms with Gasteiger partial charge in [0.05, 0.1) is 0 Å². The second-order valence-corrected chi connectivity index (χ2v) is 3.86. The zero-order valence-corrected chi connectivity index (χ0v) is 9.41. The largest absolute Gasteiger partial charge is 0.0917 e. The van der Waals surface area contributed by atoms with Crippen LogP contribution < -0.4 is 0 Å². The third-order valence-electron chi connectivity index (χ3n) is 1.77. The third kappa shape index (κ3) is 2.97. The minimum atomic E-state index is 1.15. The zero-order valence-electron chi connectivity index (χ0n) is 7.26. The van der Waals surface area contributed by atoms with E-state index in [1.54, 1.807) is 0 Å². The standard InChI is InChI=1S/C11H13I/c1-2-3-4-7-10-8-5-6-9-11(10)12/h2-3,5-6,8-9H,4,7H2,1H3/b3-2-. The zero-order chi connectivity index (χ0) is 8.81. The molecule has 0 saturated heterocycles. The van der Waals surface area contributed by atoms with Crippen molar-refractivity contribution in [2.24, 2.45) is 0 Å². The van der Waals surface area contributed by atoms with Crippen LogP contribution in [0.3, 0.4) is 0 Å². The number of benzene rings is 1. The van der Waals surface area contributed by atoms with Gasteiger partial charge in [-0.25, -0.2) is 0 Å². The van der Waals surface area contributed by atoms with E-state index in [9.17, 15) is 0 Å². The average molecular weight is 272 g/mol. The number of allylic oxidation sites excluding steroid dienone is 2. The van der Waals surface area contributed by atoms with Gasteiger partial charge in [-0.3, -0.25) is 0 Å². The quantitative estimate of drug-likeness (QED) is 0.580. The van der Waals surface area contributed by atoms with Gasteiger partial charge in [-0.15, -0.1) is 0 Å². The fraction of sp³-hybridized carbons (Fsp3) is 0.273. The smallest absolute Gasteiger partial charge is 0.0162 e. The van der Waals surface area contributed by atoms with Gasteiger partial charge >= 0.3 is 0 Å². The maximum Gasteiger partial charge on any atom is 0.0162 e. The molecule has 1 aromatic carbocycles. The average Bonchev–Trinajstić information content (AvgIpc) is 2.09. The highest BCUT2D eigenvalue weighted by Gasteiger charge is 1.95. The number of rotatable bonds is 3. The van der Waals surface area contributed by atoms with Gasteiger partial charge in [0.2, 0.25) is 0 Å². The van der Waals surface area contributed by atoms with Gasteiger partial charge in [0.25, 0.3) is 0 Å². The van der Waals surface area contributed by atoms with Gasteiger partial charge in [-0.05, 0) is 54.0 Å². The molecule has 0 radical (unpaired) electrons. The summed E-state index contributed by atoms with van der Waals surface area (Å²) in [6.45, 7) is 2.07. The van der Waals surface area contributed by atoms with E-state index in [2.05, 4.69) is 65.9 Å². The predicted octanol–water partition coefficient (Wildman–Crippen LogP) is 3.80. The van der Waals surface area contributed by atoms with Crippen LogP contribution in [0.2, 0.25) is 0 Å². The van der Waals surface area contributed by atoms with Gasteiger partial charge in [0.1, 0.15) is 0 Å². The van der Waals surface area contributed by atoms with Crippen LogP contribution in [0.25, 0.3) is 0 Å². The highest BCUT2D eigenvalue weighted by molar-refractivity contribution is 14.1. The first-order chi connectivity index (χ1) is 5.84. The summed E-state index contributed by atoms with van der Waals surface area (Å²) < 4.78 is 1.37. The van der Waals surface area contributed by atoms with E-state index >= 15 is 0 Å². The number of hydrogen-bond donors (Lipinski definition) is 0. The van der Waals surface area contributed by atoms with Crippen molar-refractivity contribution in [3.8, 4) is 0 Å². The van der Waals surface area contributed by atoms with Crippen LogP contribution in [0.4, 0.5) is 0 Å². The maximum absolute atomic E-state index is 2.39. The van der Waals surface area contributed by atoms with Gasteiger partial charge < -0.3 is 0 Å². The highest BCUT2D eigenvalue weighted by Crippen LogP contribution is 2.13. The lowest BCUT2D eigenvalue weighted by molar-refractivity contribution is 0.992. The Morgan fingerprint density at radius 2 is 2.08 bits per heavy atom. The lowest BCUT2D eigenvalue weighted by Crippen LogP contribution is -1.86. The molecule has 0 aliphatic rings. The summed E-state index contributed by atoms with van der Waals surface area (Å²) in [5.74, 6) is 0. The monoisotopic (exact) mass is 272 g/mol. The van der Waals surface area contributed by atoms with Crippen LogP contribution in [-0.4, -0.2) is 0 Å². The Labute approximate surface area is 87.8 Å². The summed E-state index contributed by atoms with van der Waals surface area (Å²) in [7, 11) is 0. The summed E-state index contributed by atoms with van der Waals surface area (Å²) >= 11 is 2.39. The van der Waals surface area contributed by atoms with Crippen molar-refractivity contribution in [2.75, 3.05) is 0 Å². The van der Waals surface area contributed by atoms with E-state index < -0.39 is 0 Å². The van der Waals surface area contributed by atoms with Crippen molar-refractivity contribution in [1.82, 2.24) is 0 Å². The second kappa shape index (κ2) is 5.36. The Hall–Kier alpha value is -0.310. The Balaban J connectivity index is 2.57. The minimum Gasteiger partial charge on any atom is -0.0917 e. The minimum absolute atomic E-state index is 1.15. The van der Waals surface area contributed by atoms with Crippen LogP contribution in [0.1, 0.15) is 18.9 Å². The van der Waals surface area contributed by atoms with Crippen molar-refractivity contribution < 1.29 is 0 Å². The Morgan fingerprint density at radius 1 is 1.33 bits per heavy atom. The molecule has 0 amide bonds. The molecule has 0 spiro atoms. The maximum atomic E-state index is 2.39. The van der Waals surface area contributed by atoms with E-state index in [-0.39, 0.29) is 0 Å². The highest BCUT2D eigenvalue weighted by atomic mass is 127. The molecular formula is C11H13I. The molecule has 0 nitrogen and oxygen atoms in total. The van der Waals surface area contributed by atoms with Crippen LogP contribution in [0, 0.1) is 3.57 Å². The second-order valence-electron chi connectivity index (χ2n) is 2.70. The molecule has 12 heavy (non-hydrogen) atoms. The molecule has 0 atom stereocenters. The molecule has 0 aliphatic heterocycles. The fourth-order valence-corrected chi connectivity index (χ4v) is 1.76. The van der Waals surface area contributed by atoms with Crippen molar-refractivity contribution >= 4 is 22.6 Å². The first kappa shape index (κ1) is 9.78. The molecule has 1 heteroatoms. The van der Waals surface area contributed by atoms with Crippen molar-refractivity contribution in [3.63, 3.8) is 0 Å². The lowest BCUT2D eigenvalue weighted by atomic mass is 10.1. The molecule has 0 aromatic heterocycles. The van der Waals surface area contributed by atoms with E-state index in [4.69, 9.17) is 0 Å². The van der Waals surface area contributed by atoms with Gasteiger partial charge in [-0.2, -0.15) is 0 Å². The Morgan fingerprint density at radius 3 is 2.75 bits per heavy atom. The first-order valence-electron chi connectivity index (χ1n) is 4.19. The molecule has 0 fully saturated rings. The summed E-state index contributed by atoms with van der Waals surface area (Å²) in [6.07, 6.45) is 6.62. The molecule has 1 aromatic rings. The summed E-state index contributed by atoms with van der Waals surface area (Å²) in [5, 5.41) is 0. The molecule has 0 heterocycles. The van der Waals surface area contributed by atoms with Gasteiger partial charge in [0.15, 0.2) is 0 Å². The molecule has 0 saturated carbocycles. The van der Waals surface area contributed by atoms with E-state index in [1.165, 1.54) is 9.13 Å². The molecule has 0 unspecified atom stereocenters. The van der Waals surface area contributed by atoms with Gasteiger partial charge in [0, 0.05) is 3.57 Å². The predicted molar refractivity (Wildman–Crippen MR) is 62.3 cm³/mol. The molecule has 0 bridgehead atoms. The fourth-order valence-electron chi connectivity index (χ4n) is 1.11. The van der Waals surface area contributed by atoms with Crippen LogP contribution in [0.5, 0.6) is 0 Å². The summed E-state index contributed by atoms with van der Waals surface area (Å²) in [6, 6.07) is 8.55. The van der Waals surface area contributed by atoms with Crippen LogP contribution in [-0.2, 0) is 6.42 Å². The molecule has 64 valence electrons. The Bertz CT molecular complexity index is 263. The van der Waals surface area contributed by atoms with E-state index in [0.717, 1.165) is 12.8 Å². The first-order valence-corrected chi connectivity index (χ1v) is 5.27. The van der Waals surface area contributed by atoms with Crippen LogP contribution >= 0.6 is 22.6 Å². The summed E-state index contributed by atoms with van der Waals surface area (Å²) in [5.41, 5.74) is 1.45. The molecular weight excluding hydrogens is 259 g/mol. The van der Waals surface area contributed by atoms with Crippen LogP contribution in [0.15, 0.2) is 36.4 Å². The number of aryl methyl sites for hydroxylation is 1. The molecule has 0 N–H and O–H groups in total. The Kier molecular flexibility index (Phi) is 4.36. The van der Waals surface area contributed by atoms with E-state index in [0.29, 0.717) is 0 Å². The van der Waals surface area contributed by atoms with Gasteiger partial charge in [-0.1, -0.05) is 30.4 Å². The van der Waals surface area contributed by atoms with Crippen molar-refractivity contribution in [1.29, 1.82) is 0 Å². The topological polar surface area (TPSA) is 0 Å². The third-order valence-corrected chi connectivity index (χ3v) is 2.83. The normalized spacial score (nSPS) is 10.8. The SMILES string of the molecule is C/C=C\CCc1ccccc1I. The van der Waals surface area contributed by atoms with E-state index in [1.807, 2.05) is 0 Å². The number of hydrogen-bond acceptors (Lipinski definition) is 0. The summed E-state index contributed by atoms with van der Waals surface area (Å²) in [4.78, 5) is 0. The molecule has 1 rings (SSSR count). The van der Waals surface area contributed by atoms with Crippen molar-refractivity contribution in [3.05, 3.63) is 45.6 Å².